The molecule has 0 radical (unpaired) electrons. The Morgan fingerprint density at radius 3 is 2.48 bits per heavy atom. The number of ether oxygens (including phenoxy) is 2. The summed E-state index contributed by atoms with van der Waals surface area (Å²) in [4.78, 5) is 24.7. The Kier molecular flexibility index (Phi) is 5.87. The van der Waals surface area contributed by atoms with Crippen molar-refractivity contribution < 1.29 is 19.1 Å². The number of alkyl halides is 1. The van der Waals surface area contributed by atoms with Crippen molar-refractivity contribution in [1.29, 1.82) is 0 Å². The van der Waals surface area contributed by atoms with E-state index in [1.54, 1.807) is 4.90 Å². The topological polar surface area (TPSA) is 55.8 Å². The van der Waals surface area contributed by atoms with Gasteiger partial charge in [-0.1, -0.05) is 30.3 Å². The van der Waals surface area contributed by atoms with Crippen LogP contribution in [0.5, 0.6) is 0 Å². The monoisotopic (exact) mass is 311 g/mol. The molecule has 0 N–H and O–H groups in total. The summed E-state index contributed by atoms with van der Waals surface area (Å²) in [6.07, 6.45) is 0.738. The van der Waals surface area contributed by atoms with E-state index in [4.69, 9.17) is 21.1 Å². The number of likely N-dealkylation sites (tertiary alicyclic amines) is 1. The van der Waals surface area contributed by atoms with E-state index < -0.39 is 5.97 Å². The molecule has 1 aliphatic rings. The summed E-state index contributed by atoms with van der Waals surface area (Å²) < 4.78 is 10.4. The minimum atomic E-state index is -0.415. The van der Waals surface area contributed by atoms with E-state index in [9.17, 15) is 9.59 Å². The number of amides is 1. The van der Waals surface area contributed by atoms with Gasteiger partial charge in [-0.05, 0) is 5.56 Å². The lowest BCUT2D eigenvalue weighted by Gasteiger charge is -2.30. The summed E-state index contributed by atoms with van der Waals surface area (Å²) in [6, 6.07) is 9.54. The second-order valence-corrected chi connectivity index (χ2v) is 5.12. The third-order valence-electron chi connectivity index (χ3n) is 3.31. The SMILES string of the molecule is O=C(CCl)OC1CCN(C(=O)OCc2ccccc2)CC1. The van der Waals surface area contributed by atoms with Gasteiger partial charge in [0.2, 0.25) is 0 Å². The summed E-state index contributed by atoms with van der Waals surface area (Å²) in [6.45, 7) is 1.31. The number of carbonyl (C=O) groups excluding carboxylic acids is 2. The molecule has 6 heteroatoms. The smallest absolute Gasteiger partial charge is 0.410 e. The van der Waals surface area contributed by atoms with Gasteiger partial charge in [0.25, 0.3) is 0 Å². The molecular weight excluding hydrogens is 294 g/mol. The summed E-state index contributed by atoms with van der Waals surface area (Å²) >= 11 is 5.39. The van der Waals surface area contributed by atoms with Crippen LogP contribution in [0.15, 0.2) is 30.3 Å². The maximum atomic E-state index is 11.9. The fourth-order valence-corrected chi connectivity index (χ4v) is 2.25. The molecule has 1 fully saturated rings. The fourth-order valence-electron chi connectivity index (χ4n) is 2.18. The quantitative estimate of drug-likeness (QED) is 0.633. The van der Waals surface area contributed by atoms with Crippen LogP contribution in [-0.2, 0) is 20.9 Å². The number of carbonyl (C=O) groups is 2. The van der Waals surface area contributed by atoms with Crippen LogP contribution in [0.25, 0.3) is 0 Å². The highest BCUT2D eigenvalue weighted by atomic mass is 35.5. The number of esters is 1. The van der Waals surface area contributed by atoms with E-state index in [0.717, 1.165) is 5.56 Å². The molecule has 0 saturated carbocycles. The fraction of sp³-hybridized carbons (Fsp3) is 0.467. The average Bonchev–Trinajstić information content (AvgIpc) is 2.54. The molecule has 0 bridgehead atoms. The normalized spacial score (nSPS) is 15.6. The summed E-state index contributed by atoms with van der Waals surface area (Å²) in [5.74, 6) is -0.555. The maximum absolute atomic E-state index is 11.9. The van der Waals surface area contributed by atoms with Crippen molar-refractivity contribution in [3.05, 3.63) is 35.9 Å². The van der Waals surface area contributed by atoms with Crippen LogP contribution in [0.2, 0.25) is 0 Å². The zero-order chi connectivity index (χ0) is 15.1. The molecule has 2 rings (SSSR count). The van der Waals surface area contributed by atoms with Gasteiger partial charge in [-0.25, -0.2) is 4.79 Å². The molecule has 5 nitrogen and oxygen atoms in total. The Morgan fingerprint density at radius 1 is 1.19 bits per heavy atom. The molecular formula is C15H18ClNO4. The first-order valence-electron chi connectivity index (χ1n) is 6.90. The highest BCUT2D eigenvalue weighted by molar-refractivity contribution is 6.26. The van der Waals surface area contributed by atoms with E-state index in [0.29, 0.717) is 25.9 Å². The highest BCUT2D eigenvalue weighted by Gasteiger charge is 2.25. The van der Waals surface area contributed by atoms with Crippen LogP contribution in [0, 0.1) is 0 Å². The lowest BCUT2D eigenvalue weighted by molar-refractivity contribution is -0.147. The molecule has 0 atom stereocenters. The molecule has 0 aromatic heterocycles. The van der Waals surface area contributed by atoms with Crippen molar-refractivity contribution in [2.75, 3.05) is 19.0 Å². The van der Waals surface area contributed by atoms with Gasteiger partial charge in [0.15, 0.2) is 0 Å². The lowest BCUT2D eigenvalue weighted by Crippen LogP contribution is -2.41. The van der Waals surface area contributed by atoms with Gasteiger partial charge in [0.1, 0.15) is 18.6 Å². The number of piperidine rings is 1. The first-order valence-corrected chi connectivity index (χ1v) is 7.43. The van der Waals surface area contributed by atoms with Gasteiger partial charge in [-0.3, -0.25) is 4.79 Å². The van der Waals surface area contributed by atoms with Gasteiger partial charge >= 0.3 is 12.1 Å². The van der Waals surface area contributed by atoms with E-state index in [1.807, 2.05) is 30.3 Å². The second kappa shape index (κ2) is 7.88. The van der Waals surface area contributed by atoms with Gasteiger partial charge in [0, 0.05) is 25.9 Å². The van der Waals surface area contributed by atoms with Crippen LogP contribution in [-0.4, -0.2) is 42.0 Å². The molecule has 1 amide bonds. The number of benzene rings is 1. The highest BCUT2D eigenvalue weighted by Crippen LogP contribution is 2.15. The largest absolute Gasteiger partial charge is 0.461 e. The molecule has 1 aliphatic heterocycles. The molecule has 0 unspecified atom stereocenters. The molecule has 0 aliphatic carbocycles. The Labute approximate surface area is 128 Å². The molecule has 1 aromatic rings. The maximum Gasteiger partial charge on any atom is 0.410 e. The predicted octanol–water partition coefficient (Wildman–Crippen LogP) is 2.57. The number of hydrogen-bond acceptors (Lipinski definition) is 4. The predicted molar refractivity (Wildman–Crippen MR) is 78.0 cm³/mol. The first-order chi connectivity index (χ1) is 10.2. The van der Waals surface area contributed by atoms with Crippen molar-refractivity contribution >= 4 is 23.7 Å². The summed E-state index contributed by atoms with van der Waals surface area (Å²) in [5, 5.41) is 0. The Bertz CT molecular complexity index is 472. The van der Waals surface area contributed by atoms with Crippen LogP contribution >= 0.6 is 11.6 Å². The molecule has 1 heterocycles. The second-order valence-electron chi connectivity index (χ2n) is 4.85. The standard InChI is InChI=1S/C15H18ClNO4/c16-10-14(18)21-13-6-8-17(9-7-13)15(19)20-11-12-4-2-1-3-5-12/h1-5,13H,6-11H2. The lowest BCUT2D eigenvalue weighted by atomic mass is 10.1. The van der Waals surface area contributed by atoms with Crippen LogP contribution in [0.4, 0.5) is 4.79 Å². The Balaban J connectivity index is 1.72. The minimum Gasteiger partial charge on any atom is -0.461 e. The van der Waals surface area contributed by atoms with E-state index >= 15 is 0 Å². The van der Waals surface area contributed by atoms with Crippen molar-refractivity contribution in [1.82, 2.24) is 4.90 Å². The molecule has 114 valence electrons. The van der Waals surface area contributed by atoms with Crippen LogP contribution < -0.4 is 0 Å². The average molecular weight is 312 g/mol. The van der Waals surface area contributed by atoms with Crippen LogP contribution in [0.1, 0.15) is 18.4 Å². The van der Waals surface area contributed by atoms with Gasteiger partial charge in [-0.2, -0.15) is 0 Å². The van der Waals surface area contributed by atoms with Crippen molar-refractivity contribution in [3.63, 3.8) is 0 Å². The third-order valence-corrected chi connectivity index (χ3v) is 3.53. The third kappa shape index (κ3) is 4.93. The molecule has 1 aromatic carbocycles. The zero-order valence-corrected chi connectivity index (χ0v) is 12.4. The van der Waals surface area contributed by atoms with Gasteiger partial charge in [0.05, 0.1) is 0 Å². The zero-order valence-electron chi connectivity index (χ0n) is 11.7. The van der Waals surface area contributed by atoms with Crippen molar-refractivity contribution in [2.45, 2.75) is 25.6 Å². The molecule has 0 spiro atoms. The summed E-state index contributed by atoms with van der Waals surface area (Å²) in [7, 11) is 0. The van der Waals surface area contributed by atoms with E-state index in [2.05, 4.69) is 0 Å². The number of halogens is 1. The number of rotatable bonds is 4. The van der Waals surface area contributed by atoms with E-state index in [1.165, 1.54) is 0 Å². The number of hydrogen-bond donors (Lipinski definition) is 0. The van der Waals surface area contributed by atoms with E-state index in [-0.39, 0.29) is 24.7 Å². The minimum absolute atomic E-state index is 0.140. The first kappa shape index (κ1) is 15.6. The molecule has 21 heavy (non-hydrogen) atoms. The van der Waals surface area contributed by atoms with Gasteiger partial charge < -0.3 is 14.4 Å². The Morgan fingerprint density at radius 2 is 1.86 bits per heavy atom. The number of nitrogens with zero attached hydrogens (tertiary/aromatic N) is 1. The van der Waals surface area contributed by atoms with Crippen LogP contribution in [0.3, 0.4) is 0 Å². The van der Waals surface area contributed by atoms with Gasteiger partial charge in [-0.15, -0.1) is 11.6 Å². The van der Waals surface area contributed by atoms with Crippen molar-refractivity contribution in [3.8, 4) is 0 Å². The molecule has 1 saturated heterocycles. The Hall–Kier alpha value is -1.75. The summed E-state index contributed by atoms with van der Waals surface area (Å²) in [5.41, 5.74) is 0.955. The van der Waals surface area contributed by atoms with Crippen molar-refractivity contribution in [2.24, 2.45) is 0 Å².